The third-order valence-electron chi connectivity index (χ3n) is 5.64. The van der Waals surface area contributed by atoms with Crippen molar-refractivity contribution >= 4 is 5.91 Å². The summed E-state index contributed by atoms with van der Waals surface area (Å²) >= 11 is 0. The van der Waals surface area contributed by atoms with Crippen molar-refractivity contribution in [1.82, 2.24) is 25.0 Å². The third-order valence-corrected chi connectivity index (χ3v) is 5.64. The summed E-state index contributed by atoms with van der Waals surface area (Å²) in [4.78, 5) is 14.8. The van der Waals surface area contributed by atoms with Crippen LogP contribution in [0, 0.1) is 6.92 Å². The highest BCUT2D eigenvalue weighted by Crippen LogP contribution is 2.28. The topological polar surface area (TPSA) is 66.0 Å². The Morgan fingerprint density at radius 3 is 2.93 bits per heavy atom. The number of hydrogen-bond acceptors (Lipinski definition) is 3. The van der Waals surface area contributed by atoms with Crippen LogP contribution in [0.2, 0.25) is 0 Å². The lowest BCUT2D eigenvalue weighted by atomic mass is 9.94. The fourth-order valence-corrected chi connectivity index (χ4v) is 4.05. The van der Waals surface area contributed by atoms with E-state index in [-0.39, 0.29) is 5.91 Å². The zero-order valence-corrected chi connectivity index (χ0v) is 16.5. The van der Waals surface area contributed by atoms with Crippen molar-refractivity contribution in [3.63, 3.8) is 0 Å². The summed E-state index contributed by atoms with van der Waals surface area (Å²) in [5.74, 6) is 0.486. The lowest BCUT2D eigenvalue weighted by molar-refractivity contribution is 0.0944. The van der Waals surface area contributed by atoms with Crippen LogP contribution >= 0.6 is 0 Å². The van der Waals surface area contributed by atoms with Gasteiger partial charge in [-0.25, -0.2) is 0 Å². The molecule has 0 saturated carbocycles. The number of likely N-dealkylation sites (tertiary alicyclic amines) is 1. The van der Waals surface area contributed by atoms with Crippen molar-refractivity contribution in [3.05, 3.63) is 65.5 Å². The molecule has 3 aromatic rings. The number of aromatic nitrogens is 3. The van der Waals surface area contributed by atoms with Gasteiger partial charge < -0.3 is 14.8 Å². The molecule has 146 valence electrons. The molecule has 0 unspecified atom stereocenters. The maximum Gasteiger partial charge on any atom is 0.269 e. The number of benzene rings is 1. The maximum atomic E-state index is 12.4. The van der Waals surface area contributed by atoms with E-state index >= 15 is 0 Å². The summed E-state index contributed by atoms with van der Waals surface area (Å²) in [5, 5.41) is 10.1. The SMILES string of the molecule is Cc1ccccc1[C@@H]1CCN(CCNC(=O)c2cc(-c3cccn3C)n[nH]2)C1. The highest BCUT2D eigenvalue weighted by atomic mass is 16.1. The highest BCUT2D eigenvalue weighted by molar-refractivity contribution is 5.93. The summed E-state index contributed by atoms with van der Waals surface area (Å²) < 4.78 is 1.98. The molecule has 0 bridgehead atoms. The fraction of sp³-hybridized carbons (Fsp3) is 0.364. The number of nitrogens with one attached hydrogen (secondary N) is 2. The smallest absolute Gasteiger partial charge is 0.269 e. The Balaban J connectivity index is 1.27. The van der Waals surface area contributed by atoms with E-state index in [1.165, 1.54) is 17.5 Å². The molecule has 1 amide bonds. The number of H-pyrrole nitrogens is 1. The van der Waals surface area contributed by atoms with Crippen LogP contribution in [0.15, 0.2) is 48.7 Å². The molecule has 1 atom stereocenters. The molecule has 1 fully saturated rings. The van der Waals surface area contributed by atoms with Crippen LogP contribution in [0.1, 0.15) is 34.0 Å². The molecule has 1 aliphatic heterocycles. The minimum absolute atomic E-state index is 0.109. The molecule has 6 heteroatoms. The van der Waals surface area contributed by atoms with E-state index in [0.29, 0.717) is 18.2 Å². The third kappa shape index (κ3) is 3.87. The van der Waals surface area contributed by atoms with Gasteiger partial charge in [0.1, 0.15) is 11.4 Å². The molecule has 2 N–H and O–H groups in total. The normalized spacial score (nSPS) is 17.1. The predicted molar refractivity (Wildman–Crippen MR) is 110 cm³/mol. The summed E-state index contributed by atoms with van der Waals surface area (Å²) in [6.07, 6.45) is 3.14. The van der Waals surface area contributed by atoms with Crippen LogP contribution in [0.4, 0.5) is 0 Å². The van der Waals surface area contributed by atoms with Gasteiger partial charge in [-0.2, -0.15) is 5.10 Å². The minimum atomic E-state index is -0.109. The molecular formula is C22H27N5O. The molecule has 6 nitrogen and oxygen atoms in total. The fourth-order valence-electron chi connectivity index (χ4n) is 4.05. The highest BCUT2D eigenvalue weighted by Gasteiger charge is 2.24. The Hall–Kier alpha value is -2.86. The van der Waals surface area contributed by atoms with Crippen LogP contribution in [0.5, 0.6) is 0 Å². The van der Waals surface area contributed by atoms with E-state index in [0.717, 1.165) is 31.0 Å². The molecule has 28 heavy (non-hydrogen) atoms. The molecule has 1 saturated heterocycles. The van der Waals surface area contributed by atoms with Crippen LogP contribution in [-0.2, 0) is 7.05 Å². The van der Waals surface area contributed by atoms with Crippen LogP contribution < -0.4 is 5.32 Å². The molecular weight excluding hydrogens is 350 g/mol. The average molecular weight is 377 g/mol. The molecule has 1 aliphatic rings. The average Bonchev–Trinajstić information content (AvgIpc) is 3.42. The van der Waals surface area contributed by atoms with E-state index in [9.17, 15) is 4.79 Å². The van der Waals surface area contributed by atoms with Crippen molar-refractivity contribution in [1.29, 1.82) is 0 Å². The van der Waals surface area contributed by atoms with Crippen molar-refractivity contribution in [2.75, 3.05) is 26.2 Å². The molecule has 0 aliphatic carbocycles. The van der Waals surface area contributed by atoms with E-state index in [2.05, 4.69) is 51.6 Å². The summed E-state index contributed by atoms with van der Waals surface area (Å²) in [7, 11) is 1.96. The van der Waals surface area contributed by atoms with Crippen LogP contribution in [0.3, 0.4) is 0 Å². The number of nitrogens with zero attached hydrogens (tertiary/aromatic N) is 3. The Labute approximate surface area is 165 Å². The summed E-state index contributed by atoms with van der Waals surface area (Å²) in [6.45, 7) is 5.83. The van der Waals surface area contributed by atoms with Gasteiger partial charge in [0.2, 0.25) is 0 Å². The first kappa shape index (κ1) is 18.5. The Bertz CT molecular complexity index is 957. The number of rotatable bonds is 6. The molecule has 4 rings (SSSR count). The lowest BCUT2D eigenvalue weighted by Gasteiger charge is -2.17. The van der Waals surface area contributed by atoms with E-state index in [1.807, 2.05) is 29.9 Å². The van der Waals surface area contributed by atoms with Crippen molar-refractivity contribution in [3.8, 4) is 11.4 Å². The second-order valence-corrected chi connectivity index (χ2v) is 7.57. The Morgan fingerprint density at radius 1 is 1.29 bits per heavy atom. The van der Waals surface area contributed by atoms with Crippen molar-refractivity contribution in [2.24, 2.45) is 7.05 Å². The van der Waals surface area contributed by atoms with Gasteiger partial charge in [-0.1, -0.05) is 24.3 Å². The van der Waals surface area contributed by atoms with Gasteiger partial charge in [-0.15, -0.1) is 0 Å². The second kappa shape index (κ2) is 8.02. The monoisotopic (exact) mass is 377 g/mol. The molecule has 2 aromatic heterocycles. The van der Waals surface area contributed by atoms with Gasteiger partial charge in [0.15, 0.2) is 0 Å². The number of carbonyl (C=O) groups is 1. The standard InChI is InChI=1S/C22H27N5O/c1-16-6-3-4-7-18(16)17-9-12-27(15-17)13-10-23-22(28)20-14-19(24-25-20)21-8-5-11-26(21)2/h3-8,11,14,17H,9-10,12-13,15H2,1-2H3,(H,23,28)(H,24,25)/t17-/m1/s1. The van der Waals surface area contributed by atoms with Gasteiger partial charge in [-0.05, 0) is 55.1 Å². The summed E-state index contributed by atoms with van der Waals surface area (Å²) in [6, 6.07) is 14.4. The largest absolute Gasteiger partial charge is 0.349 e. The van der Waals surface area contributed by atoms with Gasteiger partial charge >= 0.3 is 0 Å². The Kier molecular flexibility index (Phi) is 5.30. The lowest BCUT2D eigenvalue weighted by Crippen LogP contribution is -2.34. The first-order valence-electron chi connectivity index (χ1n) is 9.85. The summed E-state index contributed by atoms with van der Waals surface area (Å²) in [5.41, 5.74) is 5.08. The first-order valence-corrected chi connectivity index (χ1v) is 9.85. The number of amides is 1. The second-order valence-electron chi connectivity index (χ2n) is 7.57. The quantitative estimate of drug-likeness (QED) is 0.694. The van der Waals surface area contributed by atoms with Crippen LogP contribution in [-0.4, -0.2) is 51.8 Å². The number of hydrogen-bond donors (Lipinski definition) is 2. The number of aryl methyl sites for hydroxylation is 2. The first-order chi connectivity index (χ1) is 13.6. The number of aromatic amines is 1. The van der Waals surface area contributed by atoms with Gasteiger partial charge in [-0.3, -0.25) is 9.89 Å². The Morgan fingerprint density at radius 2 is 2.14 bits per heavy atom. The zero-order chi connectivity index (χ0) is 19.5. The van der Waals surface area contributed by atoms with E-state index in [4.69, 9.17) is 0 Å². The molecule has 0 spiro atoms. The number of carbonyl (C=O) groups excluding carboxylic acids is 1. The molecule has 0 radical (unpaired) electrons. The maximum absolute atomic E-state index is 12.4. The van der Waals surface area contributed by atoms with E-state index < -0.39 is 0 Å². The van der Waals surface area contributed by atoms with Crippen molar-refractivity contribution < 1.29 is 4.79 Å². The predicted octanol–water partition coefficient (Wildman–Crippen LogP) is 2.94. The van der Waals surface area contributed by atoms with Gasteiger partial charge in [0.05, 0.1) is 5.69 Å². The zero-order valence-electron chi connectivity index (χ0n) is 16.5. The van der Waals surface area contributed by atoms with Gasteiger partial charge in [0, 0.05) is 32.9 Å². The molecule has 1 aromatic carbocycles. The minimum Gasteiger partial charge on any atom is -0.349 e. The van der Waals surface area contributed by atoms with Gasteiger partial charge in [0.25, 0.3) is 5.91 Å². The van der Waals surface area contributed by atoms with Crippen molar-refractivity contribution in [2.45, 2.75) is 19.3 Å². The van der Waals surface area contributed by atoms with E-state index in [1.54, 1.807) is 6.07 Å². The van der Waals surface area contributed by atoms with Crippen LogP contribution in [0.25, 0.3) is 11.4 Å². The molecule has 3 heterocycles.